The van der Waals surface area contributed by atoms with Crippen molar-refractivity contribution in [2.75, 3.05) is 13.2 Å². The van der Waals surface area contributed by atoms with Crippen LogP contribution in [0.4, 0.5) is 4.79 Å². The fraction of sp³-hybridized carbons (Fsp3) is 0.273. The molecule has 0 atom stereocenters. The number of hydrogen-bond donors (Lipinski definition) is 2. The Morgan fingerprint density at radius 2 is 1.41 bits per heavy atom. The topological polar surface area (TPSA) is 94.1 Å². The second-order valence-corrected chi connectivity index (χ2v) is 11.3. The van der Waals surface area contributed by atoms with E-state index in [1.807, 2.05) is 82.3 Å². The highest BCUT2D eigenvalue weighted by Gasteiger charge is 2.52. The van der Waals surface area contributed by atoms with E-state index in [1.165, 1.54) is 17.2 Å². The van der Waals surface area contributed by atoms with Gasteiger partial charge in [-0.05, 0) is 72.6 Å². The van der Waals surface area contributed by atoms with Crippen molar-refractivity contribution < 1.29 is 28.7 Å². The Balaban J connectivity index is 1.34. The van der Waals surface area contributed by atoms with Crippen LogP contribution in [0.1, 0.15) is 55.9 Å². The maximum atomic E-state index is 13.0. The number of amides is 1. The number of benzene rings is 3. The molecule has 5 rings (SSSR count). The first-order valence-electron chi connectivity index (χ1n) is 13.7. The molecule has 3 aromatic rings. The van der Waals surface area contributed by atoms with E-state index in [-0.39, 0.29) is 19.1 Å². The van der Waals surface area contributed by atoms with Gasteiger partial charge in [0.1, 0.15) is 6.61 Å². The van der Waals surface area contributed by atoms with Gasteiger partial charge in [-0.25, -0.2) is 9.59 Å². The van der Waals surface area contributed by atoms with Crippen molar-refractivity contribution in [3.8, 4) is 11.1 Å². The van der Waals surface area contributed by atoms with E-state index in [0.29, 0.717) is 11.0 Å². The summed E-state index contributed by atoms with van der Waals surface area (Å²) in [5.74, 6) is -1.08. The highest BCUT2D eigenvalue weighted by atomic mass is 16.7. The van der Waals surface area contributed by atoms with Gasteiger partial charge in [-0.1, -0.05) is 78.9 Å². The lowest BCUT2D eigenvalue weighted by Gasteiger charge is -2.32. The zero-order chi connectivity index (χ0) is 29.2. The Morgan fingerprint density at radius 3 is 2.00 bits per heavy atom. The lowest BCUT2D eigenvalue weighted by molar-refractivity contribution is -0.131. The number of fused-ring (bicyclic) bond motifs is 3. The van der Waals surface area contributed by atoms with Gasteiger partial charge < -0.3 is 24.5 Å². The number of carbonyl (C=O) groups is 2. The number of carboxylic acid groups (broad SMARTS) is 1. The first-order chi connectivity index (χ1) is 19.6. The van der Waals surface area contributed by atoms with Crippen molar-refractivity contribution in [3.63, 3.8) is 0 Å². The molecule has 0 saturated carbocycles. The number of hydrogen-bond acceptors (Lipinski definition) is 5. The quantitative estimate of drug-likeness (QED) is 0.251. The van der Waals surface area contributed by atoms with Gasteiger partial charge in [-0.2, -0.15) is 0 Å². The Morgan fingerprint density at radius 1 is 0.878 bits per heavy atom. The number of aliphatic carboxylic acids is 1. The van der Waals surface area contributed by atoms with Gasteiger partial charge >= 0.3 is 19.2 Å². The van der Waals surface area contributed by atoms with E-state index in [9.17, 15) is 9.59 Å². The maximum absolute atomic E-state index is 13.0. The van der Waals surface area contributed by atoms with E-state index >= 15 is 0 Å². The van der Waals surface area contributed by atoms with E-state index in [2.05, 4.69) is 29.6 Å². The molecule has 3 aromatic carbocycles. The highest BCUT2D eigenvalue weighted by molar-refractivity contribution is 6.56. The molecular weight excluding hydrogens is 517 g/mol. The van der Waals surface area contributed by atoms with Crippen LogP contribution in [-0.4, -0.2) is 48.6 Å². The van der Waals surface area contributed by atoms with Crippen LogP contribution >= 0.6 is 0 Å². The first-order valence-corrected chi connectivity index (χ1v) is 13.7. The van der Waals surface area contributed by atoms with E-state index in [1.54, 1.807) is 0 Å². The minimum absolute atomic E-state index is 0.0424. The average molecular weight is 551 g/mol. The number of carbonyl (C=O) groups excluding carboxylic acids is 1. The molecule has 0 spiro atoms. The average Bonchev–Trinajstić information content (AvgIpc) is 3.37. The van der Waals surface area contributed by atoms with Gasteiger partial charge in [0.05, 0.1) is 11.2 Å². The summed E-state index contributed by atoms with van der Waals surface area (Å²) >= 11 is 0. The number of alkyl carbamates (subject to hydrolysis) is 1. The summed E-state index contributed by atoms with van der Waals surface area (Å²) in [4.78, 5) is 24.1. The van der Waals surface area contributed by atoms with Crippen LogP contribution in [0.2, 0.25) is 0 Å². The van der Waals surface area contributed by atoms with Crippen LogP contribution in [-0.2, 0) is 18.8 Å². The van der Waals surface area contributed by atoms with E-state index in [0.717, 1.165) is 22.8 Å². The van der Waals surface area contributed by atoms with Crippen LogP contribution in [0.5, 0.6) is 0 Å². The van der Waals surface area contributed by atoms with Crippen LogP contribution in [0, 0.1) is 0 Å². The zero-order valence-corrected chi connectivity index (χ0v) is 23.7. The van der Waals surface area contributed by atoms with Gasteiger partial charge in [-0.15, -0.1) is 0 Å². The molecule has 7 nitrogen and oxygen atoms in total. The van der Waals surface area contributed by atoms with Gasteiger partial charge in [0.2, 0.25) is 0 Å². The van der Waals surface area contributed by atoms with Crippen LogP contribution in [0.15, 0.2) is 84.3 Å². The van der Waals surface area contributed by atoms with Crippen molar-refractivity contribution in [1.82, 2.24) is 5.32 Å². The summed E-state index contributed by atoms with van der Waals surface area (Å²) in [6.45, 7) is 8.18. The molecule has 1 fully saturated rings. The molecule has 1 heterocycles. The SMILES string of the molecule is CC1(C)OB(C(=Cc2ccccc2/C=C/C(=O)O)CNC(=O)OCC2c3ccccc3-c3ccccc32)OC1(C)C. The maximum Gasteiger partial charge on any atom is 0.492 e. The van der Waals surface area contributed by atoms with Crippen LogP contribution in [0.3, 0.4) is 0 Å². The third-order valence-corrected chi connectivity index (χ3v) is 8.08. The standard InChI is InChI=1S/C33H34BNO6/c1-32(2)33(3,4)41-34(40-32)24(19-23-12-6-5-11-22(23)17-18-30(36)37)20-35-31(38)39-21-29-27-15-9-7-13-25(27)26-14-8-10-16-28(26)29/h5-19,29H,20-21H2,1-4H3,(H,35,38)(H,36,37)/b18-17+,24-19?. The monoisotopic (exact) mass is 551 g/mol. The summed E-state index contributed by atoms with van der Waals surface area (Å²) < 4.78 is 18.3. The molecule has 0 bridgehead atoms. The van der Waals surface area contributed by atoms with Gasteiger partial charge in [0.15, 0.2) is 0 Å². The first kappa shape index (κ1) is 28.4. The summed E-state index contributed by atoms with van der Waals surface area (Å²) in [6, 6.07) is 23.8. The Hall–Kier alpha value is -4.14. The smallest absolute Gasteiger partial charge is 0.478 e. The number of rotatable bonds is 8. The number of ether oxygens (including phenoxy) is 1. The molecule has 0 unspecified atom stereocenters. The lowest BCUT2D eigenvalue weighted by atomic mass is 9.76. The van der Waals surface area contributed by atoms with Gasteiger partial charge in [-0.3, -0.25) is 0 Å². The normalized spacial score (nSPS) is 17.4. The molecule has 1 saturated heterocycles. The van der Waals surface area contributed by atoms with Crippen molar-refractivity contribution in [3.05, 3.63) is 107 Å². The van der Waals surface area contributed by atoms with Crippen molar-refractivity contribution in [2.45, 2.75) is 44.8 Å². The van der Waals surface area contributed by atoms with E-state index < -0.39 is 30.4 Å². The Bertz CT molecular complexity index is 1460. The van der Waals surface area contributed by atoms with Gasteiger partial charge in [0, 0.05) is 18.5 Å². The minimum atomic E-state index is -1.04. The van der Waals surface area contributed by atoms with Crippen LogP contribution < -0.4 is 5.32 Å². The molecule has 0 radical (unpaired) electrons. The molecule has 0 aromatic heterocycles. The van der Waals surface area contributed by atoms with Crippen molar-refractivity contribution in [1.29, 1.82) is 0 Å². The lowest BCUT2D eigenvalue weighted by Crippen LogP contribution is -2.41. The third-order valence-electron chi connectivity index (χ3n) is 8.08. The third kappa shape index (κ3) is 5.99. The minimum Gasteiger partial charge on any atom is -0.478 e. The van der Waals surface area contributed by atoms with Crippen molar-refractivity contribution >= 4 is 31.3 Å². The van der Waals surface area contributed by atoms with Crippen LogP contribution in [0.25, 0.3) is 23.3 Å². The molecule has 2 N–H and O–H groups in total. The van der Waals surface area contributed by atoms with E-state index in [4.69, 9.17) is 19.2 Å². The predicted octanol–water partition coefficient (Wildman–Crippen LogP) is 6.34. The predicted molar refractivity (Wildman–Crippen MR) is 160 cm³/mol. The summed E-state index contributed by atoms with van der Waals surface area (Å²) in [5.41, 5.74) is 5.61. The molecular formula is C33H34BNO6. The molecule has 8 heteroatoms. The Labute approximate surface area is 241 Å². The molecule has 2 aliphatic rings. The molecule has 1 aliphatic carbocycles. The number of nitrogens with one attached hydrogen (secondary N) is 1. The highest BCUT2D eigenvalue weighted by Crippen LogP contribution is 2.44. The second-order valence-electron chi connectivity index (χ2n) is 11.3. The summed E-state index contributed by atoms with van der Waals surface area (Å²) in [6.07, 6.45) is 3.95. The zero-order valence-electron chi connectivity index (χ0n) is 23.7. The van der Waals surface area contributed by atoms with Gasteiger partial charge in [0.25, 0.3) is 0 Å². The van der Waals surface area contributed by atoms with Crippen molar-refractivity contribution in [2.24, 2.45) is 0 Å². The fourth-order valence-corrected chi connectivity index (χ4v) is 5.18. The molecule has 210 valence electrons. The number of carboxylic acids is 1. The second kappa shape index (κ2) is 11.4. The molecule has 41 heavy (non-hydrogen) atoms. The largest absolute Gasteiger partial charge is 0.492 e. The molecule has 1 amide bonds. The summed E-state index contributed by atoms with van der Waals surface area (Å²) in [5, 5.41) is 12.0. The summed E-state index contributed by atoms with van der Waals surface area (Å²) in [7, 11) is -0.717. The Kier molecular flexibility index (Phi) is 7.89. The molecule has 1 aliphatic heterocycles. The fourth-order valence-electron chi connectivity index (χ4n) is 5.18.